The molecular formula is C16H25N3. The zero-order chi connectivity index (χ0) is 14.3. The van der Waals surface area contributed by atoms with Gasteiger partial charge in [-0.3, -0.25) is 9.88 Å². The highest BCUT2D eigenvalue weighted by atomic mass is 15.1. The molecule has 0 aliphatic rings. The van der Waals surface area contributed by atoms with Crippen LogP contribution in [0.15, 0.2) is 30.3 Å². The summed E-state index contributed by atoms with van der Waals surface area (Å²) in [6.07, 6.45) is 0. The van der Waals surface area contributed by atoms with Gasteiger partial charge in [-0.05, 0) is 37.4 Å². The molecule has 0 radical (unpaired) electrons. The number of benzene rings is 1. The molecule has 3 nitrogen and oxygen atoms in total. The molecule has 0 saturated carbocycles. The topological polar surface area (TPSA) is 42.1 Å². The SMILES string of the molecule is CC.CCN(CC)Cc1ccc2cc(N)ccc2n1. The van der Waals surface area contributed by atoms with Gasteiger partial charge in [0.1, 0.15) is 0 Å². The van der Waals surface area contributed by atoms with Crippen molar-refractivity contribution < 1.29 is 0 Å². The normalized spacial score (nSPS) is 10.4. The van der Waals surface area contributed by atoms with Gasteiger partial charge >= 0.3 is 0 Å². The van der Waals surface area contributed by atoms with Crippen LogP contribution in [0.2, 0.25) is 0 Å². The summed E-state index contributed by atoms with van der Waals surface area (Å²) < 4.78 is 0. The Morgan fingerprint density at radius 1 is 1.05 bits per heavy atom. The van der Waals surface area contributed by atoms with Crippen molar-refractivity contribution in [2.24, 2.45) is 0 Å². The second-order valence-corrected chi connectivity index (χ2v) is 4.22. The van der Waals surface area contributed by atoms with Crippen molar-refractivity contribution in [2.45, 2.75) is 34.2 Å². The smallest absolute Gasteiger partial charge is 0.0707 e. The highest BCUT2D eigenvalue weighted by Crippen LogP contribution is 2.16. The standard InChI is InChI=1S/C14H19N3.C2H6/c1-3-17(4-2)10-13-7-5-11-9-12(15)6-8-14(11)16-13;1-2/h5-9H,3-4,10,15H2,1-2H3;1-2H3. The maximum absolute atomic E-state index is 5.75. The average Bonchev–Trinajstić information content (AvgIpc) is 2.47. The Labute approximate surface area is 116 Å². The van der Waals surface area contributed by atoms with E-state index >= 15 is 0 Å². The van der Waals surface area contributed by atoms with Crippen LogP contribution in [0.5, 0.6) is 0 Å². The van der Waals surface area contributed by atoms with E-state index in [4.69, 9.17) is 5.73 Å². The van der Waals surface area contributed by atoms with Gasteiger partial charge in [0.2, 0.25) is 0 Å². The molecule has 1 aromatic carbocycles. The van der Waals surface area contributed by atoms with E-state index in [0.717, 1.165) is 41.9 Å². The summed E-state index contributed by atoms with van der Waals surface area (Å²) in [6, 6.07) is 10.0. The van der Waals surface area contributed by atoms with Crippen molar-refractivity contribution in [3.8, 4) is 0 Å². The van der Waals surface area contributed by atoms with Crippen LogP contribution < -0.4 is 5.73 Å². The zero-order valence-electron chi connectivity index (χ0n) is 12.5. The van der Waals surface area contributed by atoms with Gasteiger partial charge in [0, 0.05) is 17.6 Å². The first kappa shape index (κ1) is 15.4. The number of hydrogen-bond donors (Lipinski definition) is 1. The van der Waals surface area contributed by atoms with Gasteiger partial charge in [-0.2, -0.15) is 0 Å². The molecular weight excluding hydrogens is 234 g/mol. The molecule has 2 N–H and O–H groups in total. The summed E-state index contributed by atoms with van der Waals surface area (Å²) in [7, 11) is 0. The second kappa shape index (κ2) is 7.74. The molecule has 0 fully saturated rings. The van der Waals surface area contributed by atoms with Crippen LogP contribution in [0.4, 0.5) is 5.69 Å². The molecule has 0 unspecified atom stereocenters. The number of fused-ring (bicyclic) bond motifs is 1. The molecule has 19 heavy (non-hydrogen) atoms. The minimum Gasteiger partial charge on any atom is -0.399 e. The maximum atomic E-state index is 5.75. The Kier molecular flexibility index (Phi) is 6.30. The fourth-order valence-electron chi connectivity index (χ4n) is 1.95. The molecule has 2 rings (SSSR count). The van der Waals surface area contributed by atoms with E-state index in [1.54, 1.807) is 0 Å². The van der Waals surface area contributed by atoms with Crippen molar-refractivity contribution in [1.29, 1.82) is 0 Å². The molecule has 0 atom stereocenters. The average molecular weight is 259 g/mol. The number of rotatable bonds is 4. The Morgan fingerprint density at radius 3 is 2.37 bits per heavy atom. The van der Waals surface area contributed by atoms with Crippen molar-refractivity contribution in [3.05, 3.63) is 36.0 Å². The second-order valence-electron chi connectivity index (χ2n) is 4.22. The van der Waals surface area contributed by atoms with Crippen molar-refractivity contribution >= 4 is 16.6 Å². The van der Waals surface area contributed by atoms with Crippen LogP contribution in [0.3, 0.4) is 0 Å². The van der Waals surface area contributed by atoms with Gasteiger partial charge in [-0.25, -0.2) is 0 Å². The van der Waals surface area contributed by atoms with E-state index in [0.29, 0.717) is 0 Å². The molecule has 0 saturated heterocycles. The summed E-state index contributed by atoms with van der Waals surface area (Å²) in [5.41, 5.74) is 8.67. The number of nitrogens with two attached hydrogens (primary N) is 1. The van der Waals surface area contributed by atoms with Gasteiger partial charge in [-0.15, -0.1) is 0 Å². The van der Waals surface area contributed by atoms with E-state index in [-0.39, 0.29) is 0 Å². The van der Waals surface area contributed by atoms with E-state index in [1.165, 1.54) is 0 Å². The predicted octanol–water partition coefficient (Wildman–Crippen LogP) is 3.69. The highest BCUT2D eigenvalue weighted by molar-refractivity contribution is 5.81. The van der Waals surface area contributed by atoms with E-state index in [9.17, 15) is 0 Å². The van der Waals surface area contributed by atoms with Gasteiger partial charge in [0.15, 0.2) is 0 Å². The van der Waals surface area contributed by atoms with Gasteiger partial charge in [0.05, 0.1) is 11.2 Å². The zero-order valence-corrected chi connectivity index (χ0v) is 12.5. The third-order valence-electron chi connectivity index (χ3n) is 3.05. The Morgan fingerprint density at radius 2 is 1.74 bits per heavy atom. The molecule has 1 heterocycles. The summed E-state index contributed by atoms with van der Waals surface area (Å²) in [5, 5.41) is 1.10. The Bertz CT molecular complexity index is 504. The number of aromatic nitrogens is 1. The van der Waals surface area contributed by atoms with Gasteiger partial charge in [0.25, 0.3) is 0 Å². The lowest BCUT2D eigenvalue weighted by atomic mass is 10.2. The van der Waals surface area contributed by atoms with Crippen LogP contribution >= 0.6 is 0 Å². The van der Waals surface area contributed by atoms with Crippen molar-refractivity contribution in [1.82, 2.24) is 9.88 Å². The third-order valence-corrected chi connectivity index (χ3v) is 3.05. The van der Waals surface area contributed by atoms with Crippen LogP contribution in [0.25, 0.3) is 10.9 Å². The number of hydrogen-bond acceptors (Lipinski definition) is 3. The minimum atomic E-state index is 0.788. The highest BCUT2D eigenvalue weighted by Gasteiger charge is 2.03. The summed E-state index contributed by atoms with van der Waals surface area (Å²) >= 11 is 0. The first-order valence-electron chi connectivity index (χ1n) is 7.10. The van der Waals surface area contributed by atoms with E-state index < -0.39 is 0 Å². The third kappa shape index (κ3) is 4.21. The van der Waals surface area contributed by atoms with Crippen LogP contribution in [0, 0.1) is 0 Å². The molecule has 0 bridgehead atoms. The first-order valence-corrected chi connectivity index (χ1v) is 7.10. The number of nitrogens with zero attached hydrogens (tertiary/aromatic N) is 2. The maximum Gasteiger partial charge on any atom is 0.0707 e. The lowest BCUT2D eigenvalue weighted by Gasteiger charge is -2.17. The van der Waals surface area contributed by atoms with Gasteiger partial charge in [-0.1, -0.05) is 33.8 Å². The molecule has 0 aliphatic heterocycles. The summed E-state index contributed by atoms with van der Waals surface area (Å²) in [4.78, 5) is 7.01. The number of anilines is 1. The molecule has 3 heteroatoms. The summed E-state index contributed by atoms with van der Waals surface area (Å²) in [5.74, 6) is 0. The van der Waals surface area contributed by atoms with Crippen LogP contribution in [-0.4, -0.2) is 23.0 Å². The van der Waals surface area contributed by atoms with Crippen LogP contribution in [-0.2, 0) is 6.54 Å². The fraction of sp³-hybridized carbons (Fsp3) is 0.438. The molecule has 1 aromatic heterocycles. The lowest BCUT2D eigenvalue weighted by molar-refractivity contribution is 0.292. The molecule has 104 valence electrons. The summed E-state index contributed by atoms with van der Waals surface area (Å²) in [6.45, 7) is 11.4. The van der Waals surface area contributed by atoms with Gasteiger partial charge < -0.3 is 5.73 Å². The lowest BCUT2D eigenvalue weighted by Crippen LogP contribution is -2.22. The molecule has 2 aromatic rings. The largest absolute Gasteiger partial charge is 0.399 e. The minimum absolute atomic E-state index is 0.788. The Hall–Kier alpha value is -1.61. The molecule has 0 aliphatic carbocycles. The predicted molar refractivity (Wildman–Crippen MR) is 84.1 cm³/mol. The fourth-order valence-corrected chi connectivity index (χ4v) is 1.95. The number of pyridine rings is 1. The molecule has 0 spiro atoms. The Balaban J connectivity index is 0.000000861. The monoisotopic (exact) mass is 259 g/mol. The van der Waals surface area contributed by atoms with Crippen molar-refractivity contribution in [3.63, 3.8) is 0 Å². The number of nitrogen functional groups attached to an aromatic ring is 1. The van der Waals surface area contributed by atoms with Crippen LogP contribution in [0.1, 0.15) is 33.4 Å². The first-order chi connectivity index (χ1) is 9.22. The quantitative estimate of drug-likeness (QED) is 0.852. The van der Waals surface area contributed by atoms with E-state index in [1.807, 2.05) is 32.0 Å². The van der Waals surface area contributed by atoms with Crippen molar-refractivity contribution in [2.75, 3.05) is 18.8 Å². The molecule has 0 amide bonds. The van der Waals surface area contributed by atoms with E-state index in [2.05, 4.69) is 35.9 Å².